The van der Waals surface area contributed by atoms with Crippen LogP contribution in [0.4, 0.5) is 0 Å². The third-order valence-electron chi connectivity index (χ3n) is 2.24. The average molecular weight is 262 g/mol. The quantitative estimate of drug-likeness (QED) is 0.609. The van der Waals surface area contributed by atoms with Gasteiger partial charge in [-0.2, -0.15) is 5.10 Å². The lowest BCUT2D eigenvalue weighted by atomic mass is 10.2. The van der Waals surface area contributed by atoms with Crippen molar-refractivity contribution >= 4 is 10.0 Å². The summed E-state index contributed by atoms with van der Waals surface area (Å²) in [7, 11) is -2.00. The molecular weight excluding hydrogens is 244 g/mol. The van der Waals surface area contributed by atoms with Crippen molar-refractivity contribution in [2.24, 2.45) is 11.7 Å². The monoisotopic (exact) mass is 262 g/mol. The van der Waals surface area contributed by atoms with Gasteiger partial charge in [-0.05, 0) is 5.92 Å². The van der Waals surface area contributed by atoms with Gasteiger partial charge in [0.25, 0.3) is 10.0 Å². The van der Waals surface area contributed by atoms with Crippen molar-refractivity contribution < 1.29 is 13.2 Å². The lowest BCUT2D eigenvalue weighted by molar-refractivity contribution is 0.161. The third-order valence-corrected chi connectivity index (χ3v) is 3.68. The Morgan fingerprint density at radius 2 is 2.35 bits per heavy atom. The van der Waals surface area contributed by atoms with Crippen LogP contribution in [-0.2, 0) is 21.3 Å². The molecule has 8 heteroatoms. The summed E-state index contributed by atoms with van der Waals surface area (Å²) in [4.78, 5) is 0. The van der Waals surface area contributed by atoms with E-state index in [1.165, 1.54) is 6.20 Å². The molecule has 0 aliphatic rings. The maximum Gasteiger partial charge on any atom is 0.257 e. The molecule has 1 aromatic heterocycles. The van der Waals surface area contributed by atoms with Gasteiger partial charge >= 0.3 is 0 Å². The van der Waals surface area contributed by atoms with Crippen LogP contribution in [0.2, 0.25) is 0 Å². The van der Waals surface area contributed by atoms with E-state index in [4.69, 9.17) is 10.5 Å². The second-order valence-electron chi connectivity index (χ2n) is 3.84. The standard InChI is InChI=1S/C9H18N4O3S/c1-7(6-16-2)4-12-17(14,15)9-8(3-10)5-11-13-9/h5,7,12H,3-4,6,10H2,1-2H3,(H,11,13). The van der Waals surface area contributed by atoms with E-state index in [0.29, 0.717) is 18.7 Å². The van der Waals surface area contributed by atoms with Crippen LogP contribution < -0.4 is 10.5 Å². The molecule has 1 rings (SSSR count). The molecule has 1 heterocycles. The lowest BCUT2D eigenvalue weighted by Gasteiger charge is -2.11. The number of nitrogens with zero attached hydrogens (tertiary/aromatic N) is 1. The van der Waals surface area contributed by atoms with E-state index < -0.39 is 10.0 Å². The van der Waals surface area contributed by atoms with Gasteiger partial charge in [-0.1, -0.05) is 6.92 Å². The number of methoxy groups -OCH3 is 1. The van der Waals surface area contributed by atoms with Crippen molar-refractivity contribution in [3.05, 3.63) is 11.8 Å². The molecule has 1 unspecified atom stereocenters. The molecule has 1 aromatic rings. The number of H-pyrrole nitrogens is 1. The van der Waals surface area contributed by atoms with Gasteiger partial charge in [0.1, 0.15) is 0 Å². The Hall–Kier alpha value is -0.960. The molecule has 0 aromatic carbocycles. The first-order chi connectivity index (χ1) is 8.01. The van der Waals surface area contributed by atoms with Gasteiger partial charge in [0.15, 0.2) is 5.03 Å². The zero-order valence-electron chi connectivity index (χ0n) is 9.93. The van der Waals surface area contributed by atoms with E-state index in [2.05, 4.69) is 14.9 Å². The number of aromatic amines is 1. The van der Waals surface area contributed by atoms with Gasteiger partial charge in [-0.25, -0.2) is 13.1 Å². The molecule has 0 bridgehead atoms. The van der Waals surface area contributed by atoms with E-state index in [9.17, 15) is 8.42 Å². The molecule has 0 aliphatic heterocycles. The summed E-state index contributed by atoms with van der Waals surface area (Å²) in [6.45, 7) is 2.82. The van der Waals surface area contributed by atoms with Gasteiger partial charge in [-0.15, -0.1) is 0 Å². The highest BCUT2D eigenvalue weighted by molar-refractivity contribution is 7.89. The summed E-state index contributed by atoms with van der Waals surface area (Å²) in [5.41, 5.74) is 5.89. The highest BCUT2D eigenvalue weighted by atomic mass is 32.2. The van der Waals surface area contributed by atoms with Crippen LogP contribution in [0.25, 0.3) is 0 Å². The van der Waals surface area contributed by atoms with Crippen LogP contribution in [0, 0.1) is 5.92 Å². The summed E-state index contributed by atoms with van der Waals surface area (Å²) < 4.78 is 31.2. The minimum Gasteiger partial charge on any atom is -0.384 e. The fraction of sp³-hybridized carbons (Fsp3) is 0.667. The molecule has 0 saturated carbocycles. The highest BCUT2D eigenvalue weighted by Gasteiger charge is 2.20. The van der Waals surface area contributed by atoms with E-state index in [1.807, 2.05) is 6.92 Å². The van der Waals surface area contributed by atoms with Crippen LogP contribution in [0.15, 0.2) is 11.2 Å². The second kappa shape index (κ2) is 6.10. The van der Waals surface area contributed by atoms with Crippen molar-refractivity contribution in [1.82, 2.24) is 14.9 Å². The first-order valence-corrected chi connectivity index (χ1v) is 6.70. The van der Waals surface area contributed by atoms with Crippen LogP contribution in [-0.4, -0.2) is 38.9 Å². The fourth-order valence-corrected chi connectivity index (χ4v) is 2.65. The Labute approximate surface area is 101 Å². The molecule has 7 nitrogen and oxygen atoms in total. The zero-order valence-corrected chi connectivity index (χ0v) is 10.8. The predicted octanol–water partition coefficient (Wildman–Crippen LogP) is -0.571. The Morgan fingerprint density at radius 3 is 2.94 bits per heavy atom. The molecule has 0 saturated heterocycles. The van der Waals surface area contributed by atoms with E-state index in [1.54, 1.807) is 7.11 Å². The number of rotatable bonds is 7. The van der Waals surface area contributed by atoms with Gasteiger partial charge in [-0.3, -0.25) is 5.10 Å². The number of aromatic nitrogens is 2. The molecule has 98 valence electrons. The van der Waals surface area contributed by atoms with E-state index in [-0.39, 0.29) is 17.5 Å². The van der Waals surface area contributed by atoms with E-state index >= 15 is 0 Å². The Bertz CT molecular complexity index is 443. The largest absolute Gasteiger partial charge is 0.384 e. The lowest BCUT2D eigenvalue weighted by Crippen LogP contribution is -2.31. The summed E-state index contributed by atoms with van der Waals surface area (Å²) in [5.74, 6) is 0.0963. The number of hydrogen-bond acceptors (Lipinski definition) is 5. The topological polar surface area (TPSA) is 110 Å². The normalized spacial score (nSPS) is 13.8. The van der Waals surface area contributed by atoms with Crippen LogP contribution in [0.5, 0.6) is 0 Å². The first kappa shape index (κ1) is 14.1. The number of hydrogen-bond donors (Lipinski definition) is 3. The minimum atomic E-state index is -3.58. The van der Waals surface area contributed by atoms with Crippen LogP contribution in [0.1, 0.15) is 12.5 Å². The molecule has 0 fully saturated rings. The predicted molar refractivity (Wildman–Crippen MR) is 62.7 cm³/mol. The van der Waals surface area contributed by atoms with Gasteiger partial charge in [0.05, 0.1) is 6.20 Å². The molecule has 0 aliphatic carbocycles. The third kappa shape index (κ3) is 3.77. The molecule has 0 radical (unpaired) electrons. The first-order valence-electron chi connectivity index (χ1n) is 5.22. The van der Waals surface area contributed by atoms with Crippen molar-refractivity contribution in [1.29, 1.82) is 0 Å². The Balaban J connectivity index is 2.69. The van der Waals surface area contributed by atoms with Crippen LogP contribution >= 0.6 is 0 Å². The van der Waals surface area contributed by atoms with Gasteiger partial charge in [0, 0.05) is 32.4 Å². The maximum absolute atomic E-state index is 11.9. The van der Waals surface area contributed by atoms with Crippen molar-refractivity contribution in [2.75, 3.05) is 20.3 Å². The summed E-state index contributed by atoms with van der Waals surface area (Å²) in [5, 5.41) is 6.15. The Kier molecular flexibility index (Phi) is 5.06. The molecular formula is C9H18N4O3S. The SMILES string of the molecule is COCC(C)CNS(=O)(=O)c1[nH]ncc1CN. The van der Waals surface area contributed by atoms with Crippen molar-refractivity contribution in [3.63, 3.8) is 0 Å². The minimum absolute atomic E-state index is 0.0321. The van der Waals surface area contributed by atoms with Crippen molar-refractivity contribution in [3.8, 4) is 0 Å². The summed E-state index contributed by atoms with van der Waals surface area (Å²) in [6, 6.07) is 0. The maximum atomic E-state index is 11.9. The van der Waals surface area contributed by atoms with Gasteiger partial charge < -0.3 is 10.5 Å². The molecule has 0 amide bonds. The molecule has 17 heavy (non-hydrogen) atoms. The second-order valence-corrected chi connectivity index (χ2v) is 5.54. The zero-order chi connectivity index (χ0) is 12.9. The Morgan fingerprint density at radius 1 is 1.65 bits per heavy atom. The van der Waals surface area contributed by atoms with Crippen molar-refractivity contribution in [2.45, 2.75) is 18.5 Å². The number of sulfonamides is 1. The molecule has 4 N–H and O–H groups in total. The fourth-order valence-electron chi connectivity index (χ4n) is 1.34. The highest BCUT2D eigenvalue weighted by Crippen LogP contribution is 2.10. The van der Waals surface area contributed by atoms with Crippen LogP contribution in [0.3, 0.4) is 0 Å². The number of nitrogens with two attached hydrogens (primary N) is 1. The van der Waals surface area contributed by atoms with Gasteiger partial charge in [0.2, 0.25) is 0 Å². The number of nitrogens with one attached hydrogen (secondary N) is 2. The molecule has 1 atom stereocenters. The van der Waals surface area contributed by atoms with E-state index in [0.717, 1.165) is 0 Å². The molecule has 0 spiro atoms. The summed E-state index contributed by atoms with van der Waals surface area (Å²) >= 11 is 0. The average Bonchev–Trinajstić information content (AvgIpc) is 2.76. The number of ether oxygens (including phenoxy) is 1. The summed E-state index contributed by atoms with van der Waals surface area (Å²) in [6.07, 6.45) is 1.41. The smallest absolute Gasteiger partial charge is 0.257 e.